The van der Waals surface area contributed by atoms with Crippen LogP contribution in [0.25, 0.3) is 0 Å². The first kappa shape index (κ1) is 10.7. The lowest BCUT2D eigenvalue weighted by Crippen LogP contribution is -2.52. The third kappa shape index (κ3) is 1.69. The molecule has 0 aliphatic heterocycles. The number of nitrogens with two attached hydrogens (primary N) is 1. The molecule has 0 amide bonds. The van der Waals surface area contributed by atoms with Gasteiger partial charge in [-0.1, -0.05) is 45.0 Å². The standard InChI is InChI=1S/C14H21N/c1-4-10-5-7-11(8-6-10)12-9-13(15)14(12,2)3/h5-8,12-13H,4,9,15H2,1-3H3. The van der Waals surface area contributed by atoms with Gasteiger partial charge in [0.15, 0.2) is 0 Å². The van der Waals surface area contributed by atoms with Crippen LogP contribution >= 0.6 is 0 Å². The summed E-state index contributed by atoms with van der Waals surface area (Å²) in [5, 5.41) is 0. The molecule has 15 heavy (non-hydrogen) atoms. The van der Waals surface area contributed by atoms with Crippen molar-refractivity contribution in [3.8, 4) is 0 Å². The van der Waals surface area contributed by atoms with E-state index in [4.69, 9.17) is 5.73 Å². The van der Waals surface area contributed by atoms with Gasteiger partial charge in [-0.15, -0.1) is 0 Å². The van der Waals surface area contributed by atoms with Gasteiger partial charge >= 0.3 is 0 Å². The summed E-state index contributed by atoms with van der Waals surface area (Å²) >= 11 is 0. The smallest absolute Gasteiger partial charge is 0.0102 e. The summed E-state index contributed by atoms with van der Waals surface area (Å²) in [5.41, 5.74) is 9.19. The van der Waals surface area contributed by atoms with E-state index in [1.807, 2.05) is 0 Å². The Hall–Kier alpha value is -0.820. The maximum atomic E-state index is 6.04. The summed E-state index contributed by atoms with van der Waals surface area (Å²) in [6.45, 7) is 6.75. The number of benzene rings is 1. The van der Waals surface area contributed by atoms with Crippen molar-refractivity contribution in [3.05, 3.63) is 35.4 Å². The molecular formula is C14H21N. The number of aryl methyl sites for hydroxylation is 1. The van der Waals surface area contributed by atoms with Crippen LogP contribution in [0.2, 0.25) is 0 Å². The molecule has 1 nitrogen and oxygen atoms in total. The fourth-order valence-corrected chi connectivity index (χ4v) is 2.51. The van der Waals surface area contributed by atoms with Crippen molar-refractivity contribution in [2.45, 2.75) is 45.6 Å². The second kappa shape index (κ2) is 3.64. The minimum absolute atomic E-state index is 0.272. The molecule has 1 aliphatic carbocycles. The van der Waals surface area contributed by atoms with Gasteiger partial charge in [0.2, 0.25) is 0 Å². The van der Waals surface area contributed by atoms with E-state index in [1.54, 1.807) is 0 Å². The van der Waals surface area contributed by atoms with Gasteiger partial charge in [-0.25, -0.2) is 0 Å². The summed E-state index contributed by atoms with van der Waals surface area (Å²) < 4.78 is 0. The molecule has 0 aromatic heterocycles. The summed E-state index contributed by atoms with van der Waals surface area (Å²) in [5.74, 6) is 0.651. The highest BCUT2D eigenvalue weighted by molar-refractivity contribution is 5.30. The molecule has 0 spiro atoms. The maximum absolute atomic E-state index is 6.04. The molecule has 0 heterocycles. The molecule has 0 saturated heterocycles. The van der Waals surface area contributed by atoms with Crippen LogP contribution < -0.4 is 5.73 Å². The van der Waals surface area contributed by atoms with Crippen LogP contribution in [-0.4, -0.2) is 6.04 Å². The summed E-state index contributed by atoms with van der Waals surface area (Å²) in [6, 6.07) is 9.41. The molecule has 2 atom stereocenters. The average Bonchev–Trinajstić information content (AvgIpc) is 2.26. The lowest BCUT2D eigenvalue weighted by Gasteiger charge is -2.50. The van der Waals surface area contributed by atoms with E-state index in [2.05, 4.69) is 45.0 Å². The first-order valence-corrected chi connectivity index (χ1v) is 5.90. The van der Waals surface area contributed by atoms with Crippen LogP contribution in [0.5, 0.6) is 0 Å². The fraction of sp³-hybridized carbons (Fsp3) is 0.571. The van der Waals surface area contributed by atoms with Crippen LogP contribution in [0.4, 0.5) is 0 Å². The normalized spacial score (nSPS) is 28.5. The van der Waals surface area contributed by atoms with Crippen LogP contribution in [-0.2, 0) is 6.42 Å². The van der Waals surface area contributed by atoms with Crippen LogP contribution in [0.1, 0.15) is 44.2 Å². The Morgan fingerprint density at radius 2 is 1.87 bits per heavy atom. The number of hydrogen-bond donors (Lipinski definition) is 1. The third-order valence-electron chi connectivity index (χ3n) is 4.13. The van der Waals surface area contributed by atoms with E-state index in [9.17, 15) is 0 Å². The average molecular weight is 203 g/mol. The molecular weight excluding hydrogens is 182 g/mol. The van der Waals surface area contributed by atoms with Crippen molar-refractivity contribution >= 4 is 0 Å². The van der Waals surface area contributed by atoms with Crippen molar-refractivity contribution in [1.29, 1.82) is 0 Å². The van der Waals surface area contributed by atoms with E-state index < -0.39 is 0 Å². The van der Waals surface area contributed by atoms with Gasteiger partial charge in [-0.05, 0) is 35.3 Å². The zero-order valence-electron chi connectivity index (χ0n) is 9.96. The molecule has 1 saturated carbocycles. The highest BCUT2D eigenvalue weighted by Crippen LogP contribution is 2.51. The summed E-state index contributed by atoms with van der Waals surface area (Å²) in [7, 11) is 0. The molecule has 1 aromatic rings. The van der Waals surface area contributed by atoms with Crippen molar-refractivity contribution in [2.24, 2.45) is 11.1 Å². The van der Waals surface area contributed by atoms with Crippen molar-refractivity contribution in [1.82, 2.24) is 0 Å². The van der Waals surface area contributed by atoms with E-state index in [-0.39, 0.29) is 5.41 Å². The Morgan fingerprint density at radius 3 is 2.27 bits per heavy atom. The van der Waals surface area contributed by atoms with Crippen LogP contribution in [0, 0.1) is 5.41 Å². The topological polar surface area (TPSA) is 26.0 Å². The summed E-state index contributed by atoms with van der Waals surface area (Å²) in [6.07, 6.45) is 2.26. The van der Waals surface area contributed by atoms with Gasteiger partial charge in [0.1, 0.15) is 0 Å². The highest BCUT2D eigenvalue weighted by Gasteiger charge is 2.46. The number of hydrogen-bond acceptors (Lipinski definition) is 1. The second-order valence-electron chi connectivity index (χ2n) is 5.31. The van der Waals surface area contributed by atoms with E-state index >= 15 is 0 Å². The molecule has 2 unspecified atom stereocenters. The molecule has 1 heteroatoms. The number of rotatable bonds is 2. The quantitative estimate of drug-likeness (QED) is 0.785. The lowest BCUT2D eigenvalue weighted by molar-refractivity contribution is 0.0984. The molecule has 1 fully saturated rings. The molecule has 2 N–H and O–H groups in total. The Bertz CT molecular complexity index is 337. The van der Waals surface area contributed by atoms with Gasteiger partial charge in [0.05, 0.1) is 0 Å². The minimum Gasteiger partial charge on any atom is -0.327 e. The summed E-state index contributed by atoms with van der Waals surface area (Å²) in [4.78, 5) is 0. The Morgan fingerprint density at radius 1 is 1.27 bits per heavy atom. The highest BCUT2D eigenvalue weighted by atomic mass is 14.8. The van der Waals surface area contributed by atoms with Crippen LogP contribution in [0.3, 0.4) is 0 Å². The SMILES string of the molecule is CCc1ccc(C2CC(N)C2(C)C)cc1. The minimum atomic E-state index is 0.272. The Balaban J connectivity index is 2.18. The van der Waals surface area contributed by atoms with E-state index in [1.165, 1.54) is 11.1 Å². The monoisotopic (exact) mass is 203 g/mol. The fourth-order valence-electron chi connectivity index (χ4n) is 2.51. The van der Waals surface area contributed by atoms with Crippen molar-refractivity contribution in [2.75, 3.05) is 0 Å². The zero-order chi connectivity index (χ0) is 11.1. The van der Waals surface area contributed by atoms with Gasteiger partial charge in [-0.2, -0.15) is 0 Å². The van der Waals surface area contributed by atoms with Crippen LogP contribution in [0.15, 0.2) is 24.3 Å². The molecule has 1 aromatic carbocycles. The van der Waals surface area contributed by atoms with E-state index in [0.717, 1.165) is 12.8 Å². The van der Waals surface area contributed by atoms with Gasteiger partial charge in [0.25, 0.3) is 0 Å². The third-order valence-corrected chi connectivity index (χ3v) is 4.13. The molecule has 0 bridgehead atoms. The predicted molar refractivity (Wildman–Crippen MR) is 64.9 cm³/mol. The second-order valence-corrected chi connectivity index (χ2v) is 5.31. The Kier molecular flexibility index (Phi) is 2.59. The Labute approximate surface area is 92.7 Å². The van der Waals surface area contributed by atoms with Gasteiger partial charge in [-0.3, -0.25) is 0 Å². The lowest BCUT2D eigenvalue weighted by atomic mass is 9.57. The zero-order valence-corrected chi connectivity index (χ0v) is 9.96. The molecule has 1 aliphatic rings. The van der Waals surface area contributed by atoms with Crippen molar-refractivity contribution < 1.29 is 0 Å². The predicted octanol–water partition coefficient (Wildman–Crippen LogP) is 3.09. The molecule has 0 radical (unpaired) electrons. The maximum Gasteiger partial charge on any atom is 0.0102 e. The first-order valence-electron chi connectivity index (χ1n) is 5.90. The van der Waals surface area contributed by atoms with Gasteiger partial charge in [0, 0.05) is 6.04 Å². The van der Waals surface area contributed by atoms with Gasteiger partial charge < -0.3 is 5.73 Å². The van der Waals surface area contributed by atoms with E-state index in [0.29, 0.717) is 12.0 Å². The first-order chi connectivity index (χ1) is 7.05. The largest absolute Gasteiger partial charge is 0.327 e. The molecule has 2 rings (SSSR count). The van der Waals surface area contributed by atoms with Crippen molar-refractivity contribution in [3.63, 3.8) is 0 Å². The molecule has 82 valence electrons.